The topological polar surface area (TPSA) is 70.7 Å². The van der Waals surface area contributed by atoms with Crippen LogP contribution in [0.3, 0.4) is 0 Å². The number of fused-ring (bicyclic) bond motifs is 1. The van der Waals surface area contributed by atoms with Gasteiger partial charge in [0.15, 0.2) is 0 Å². The van der Waals surface area contributed by atoms with Crippen molar-refractivity contribution < 1.29 is 14.3 Å². The molecule has 0 unspecified atom stereocenters. The molecule has 0 radical (unpaired) electrons. The number of ether oxygens (including phenoxy) is 2. The van der Waals surface area contributed by atoms with Crippen LogP contribution in [0.1, 0.15) is 42.6 Å². The number of methoxy groups -OCH3 is 2. The molecule has 1 aromatic heterocycles. The van der Waals surface area contributed by atoms with Gasteiger partial charge in [0.1, 0.15) is 11.4 Å². The first kappa shape index (κ1) is 21.8. The van der Waals surface area contributed by atoms with E-state index in [1.807, 2.05) is 35.2 Å². The molecule has 3 heterocycles. The van der Waals surface area contributed by atoms with E-state index in [4.69, 9.17) is 9.47 Å². The van der Waals surface area contributed by atoms with Crippen molar-refractivity contribution in [2.75, 3.05) is 47.0 Å². The Hall–Kier alpha value is -2.38. The molecule has 4 rings (SSSR count). The van der Waals surface area contributed by atoms with Crippen molar-refractivity contribution in [1.29, 1.82) is 0 Å². The van der Waals surface area contributed by atoms with Crippen molar-refractivity contribution in [2.45, 2.75) is 38.1 Å². The van der Waals surface area contributed by atoms with Crippen molar-refractivity contribution in [1.82, 2.24) is 20.0 Å². The minimum Gasteiger partial charge on any atom is -0.496 e. The molecule has 1 aromatic carbocycles. The first-order chi connectivity index (χ1) is 15.2. The van der Waals surface area contributed by atoms with E-state index in [-0.39, 0.29) is 5.91 Å². The molecule has 2 fully saturated rings. The van der Waals surface area contributed by atoms with Crippen LogP contribution in [0.15, 0.2) is 30.3 Å². The second kappa shape index (κ2) is 10.3. The number of amides is 1. The van der Waals surface area contributed by atoms with Crippen LogP contribution in [-0.2, 0) is 4.74 Å². The smallest absolute Gasteiger partial charge is 0.271 e. The minimum absolute atomic E-state index is 0.0152. The van der Waals surface area contributed by atoms with Crippen molar-refractivity contribution >= 4 is 5.91 Å². The second-order valence-electron chi connectivity index (χ2n) is 8.61. The van der Waals surface area contributed by atoms with Gasteiger partial charge in [-0.2, -0.15) is 5.10 Å². The van der Waals surface area contributed by atoms with Crippen molar-refractivity contribution in [2.24, 2.45) is 5.92 Å². The Morgan fingerprint density at radius 1 is 1.19 bits per heavy atom. The summed E-state index contributed by atoms with van der Waals surface area (Å²) in [6.45, 7) is 4.29. The molecule has 1 N–H and O–H groups in total. The number of benzene rings is 1. The molecule has 2 aromatic rings. The zero-order chi connectivity index (χ0) is 21.6. The van der Waals surface area contributed by atoms with Gasteiger partial charge in [0, 0.05) is 31.8 Å². The second-order valence-corrected chi connectivity index (χ2v) is 8.61. The Bertz CT molecular complexity index is 866. The Labute approximate surface area is 184 Å². The number of piperidine rings is 2. The maximum absolute atomic E-state index is 13.4. The molecular formula is C24H34N4O3. The Morgan fingerprint density at radius 3 is 2.87 bits per heavy atom. The van der Waals surface area contributed by atoms with Crippen molar-refractivity contribution in [3.05, 3.63) is 36.0 Å². The number of rotatable bonds is 8. The average molecular weight is 427 g/mol. The molecule has 2 aliphatic rings. The lowest BCUT2D eigenvalue weighted by atomic mass is 9.83. The molecule has 168 valence electrons. The summed E-state index contributed by atoms with van der Waals surface area (Å²) in [5, 5.41) is 7.36. The Morgan fingerprint density at radius 2 is 2.03 bits per heavy atom. The lowest BCUT2D eigenvalue weighted by Gasteiger charge is -2.45. The molecule has 0 spiro atoms. The third kappa shape index (κ3) is 4.93. The number of hydrogen-bond acceptors (Lipinski definition) is 5. The minimum atomic E-state index is -0.0152. The third-order valence-electron chi connectivity index (χ3n) is 6.73. The summed E-state index contributed by atoms with van der Waals surface area (Å²) < 4.78 is 10.8. The summed E-state index contributed by atoms with van der Waals surface area (Å²) in [7, 11) is 3.32. The van der Waals surface area contributed by atoms with Crippen LogP contribution < -0.4 is 4.74 Å². The quantitative estimate of drug-likeness (QED) is 0.700. The number of nitrogens with one attached hydrogen (secondary N) is 1. The standard InChI is InChI=1S/C24H34N4O3/c1-30-15-14-28(17-18-8-7-13-27-12-6-5-10-22(18)27)24(29)21-16-20(25-26-21)19-9-3-4-11-23(19)31-2/h3-4,9,11,16,18,22H,5-8,10,12-15,17H2,1-2H3,(H,25,26)/t18-,22+/m0/s1. The zero-order valence-electron chi connectivity index (χ0n) is 18.7. The van der Waals surface area contributed by atoms with Gasteiger partial charge in [-0.1, -0.05) is 18.6 Å². The molecule has 2 aliphatic heterocycles. The van der Waals surface area contributed by atoms with E-state index in [9.17, 15) is 4.79 Å². The van der Waals surface area contributed by atoms with Gasteiger partial charge in [-0.15, -0.1) is 0 Å². The number of para-hydroxylation sites is 1. The highest BCUT2D eigenvalue weighted by Gasteiger charge is 2.35. The molecule has 31 heavy (non-hydrogen) atoms. The fourth-order valence-corrected chi connectivity index (χ4v) is 5.15. The summed E-state index contributed by atoms with van der Waals surface area (Å²) in [6.07, 6.45) is 6.25. The fraction of sp³-hybridized carbons (Fsp3) is 0.583. The maximum atomic E-state index is 13.4. The number of carbonyl (C=O) groups is 1. The van der Waals surface area contributed by atoms with Gasteiger partial charge in [-0.05, 0) is 62.9 Å². The van der Waals surface area contributed by atoms with Crippen molar-refractivity contribution in [3.8, 4) is 17.0 Å². The van der Waals surface area contributed by atoms with Gasteiger partial charge in [-0.3, -0.25) is 9.89 Å². The number of hydrogen-bond donors (Lipinski definition) is 1. The average Bonchev–Trinajstić information content (AvgIpc) is 3.31. The molecule has 2 atom stereocenters. The van der Waals surface area contributed by atoms with Gasteiger partial charge in [0.25, 0.3) is 5.91 Å². The first-order valence-electron chi connectivity index (χ1n) is 11.4. The van der Waals surface area contributed by atoms with Crippen LogP contribution in [0.4, 0.5) is 0 Å². The van der Waals surface area contributed by atoms with Crippen LogP contribution in [0, 0.1) is 5.92 Å². The first-order valence-corrected chi connectivity index (χ1v) is 11.4. The maximum Gasteiger partial charge on any atom is 0.271 e. The Kier molecular flexibility index (Phi) is 7.25. The number of H-pyrrole nitrogens is 1. The summed E-state index contributed by atoms with van der Waals surface area (Å²) in [5.41, 5.74) is 2.09. The van der Waals surface area contributed by atoms with Crippen LogP contribution in [0.5, 0.6) is 5.75 Å². The van der Waals surface area contributed by atoms with Gasteiger partial charge in [0.2, 0.25) is 0 Å². The fourth-order valence-electron chi connectivity index (χ4n) is 5.15. The molecule has 1 amide bonds. The highest BCUT2D eigenvalue weighted by atomic mass is 16.5. The van der Waals surface area contributed by atoms with Crippen LogP contribution >= 0.6 is 0 Å². The molecule has 7 heteroatoms. The third-order valence-corrected chi connectivity index (χ3v) is 6.73. The molecule has 0 saturated carbocycles. The van der Waals surface area contributed by atoms with E-state index in [1.54, 1.807) is 14.2 Å². The number of nitrogens with zero attached hydrogens (tertiary/aromatic N) is 3. The van der Waals surface area contributed by atoms with Gasteiger partial charge in [-0.25, -0.2) is 0 Å². The molecule has 2 saturated heterocycles. The van der Waals surface area contributed by atoms with Crippen LogP contribution in [0.2, 0.25) is 0 Å². The number of carbonyl (C=O) groups excluding carboxylic acids is 1. The lowest BCUT2D eigenvalue weighted by molar-refractivity contribution is 0.0313. The molecule has 7 nitrogen and oxygen atoms in total. The normalized spacial score (nSPS) is 21.5. The Balaban J connectivity index is 1.51. The van der Waals surface area contributed by atoms with E-state index in [0.717, 1.165) is 17.9 Å². The van der Waals surface area contributed by atoms with Gasteiger partial charge >= 0.3 is 0 Å². The van der Waals surface area contributed by atoms with Crippen molar-refractivity contribution in [3.63, 3.8) is 0 Å². The summed E-state index contributed by atoms with van der Waals surface area (Å²) in [5.74, 6) is 1.24. The van der Waals surface area contributed by atoms with E-state index >= 15 is 0 Å². The van der Waals surface area contributed by atoms with E-state index in [1.165, 1.54) is 45.2 Å². The number of aromatic nitrogens is 2. The summed E-state index contributed by atoms with van der Waals surface area (Å²) in [6, 6.07) is 10.1. The molecule has 0 aliphatic carbocycles. The number of aromatic amines is 1. The largest absolute Gasteiger partial charge is 0.496 e. The van der Waals surface area contributed by atoms with Gasteiger partial charge in [0.05, 0.1) is 19.4 Å². The predicted molar refractivity (Wildman–Crippen MR) is 120 cm³/mol. The van der Waals surface area contributed by atoms with Crippen LogP contribution in [0.25, 0.3) is 11.3 Å². The highest BCUT2D eigenvalue weighted by Crippen LogP contribution is 2.32. The predicted octanol–water partition coefficient (Wildman–Crippen LogP) is 3.44. The lowest BCUT2D eigenvalue weighted by Crippen LogP contribution is -2.52. The SMILES string of the molecule is COCCN(C[C@@H]1CCCN2CCCC[C@H]12)C(=O)c1cc(-c2ccccc2OC)n[nH]1. The zero-order valence-corrected chi connectivity index (χ0v) is 18.7. The summed E-state index contributed by atoms with van der Waals surface area (Å²) >= 11 is 0. The highest BCUT2D eigenvalue weighted by molar-refractivity contribution is 5.93. The van der Waals surface area contributed by atoms with E-state index in [2.05, 4.69) is 15.1 Å². The van der Waals surface area contributed by atoms with E-state index < -0.39 is 0 Å². The van der Waals surface area contributed by atoms with Crippen LogP contribution in [-0.4, -0.2) is 79.0 Å². The monoisotopic (exact) mass is 426 g/mol. The molecular weight excluding hydrogens is 392 g/mol. The van der Waals surface area contributed by atoms with Gasteiger partial charge < -0.3 is 19.3 Å². The summed E-state index contributed by atoms with van der Waals surface area (Å²) in [4.78, 5) is 18.0. The molecule has 0 bridgehead atoms. The van der Waals surface area contributed by atoms with E-state index in [0.29, 0.717) is 36.5 Å².